The minimum atomic E-state index is -0.884. The molecule has 1 aromatic rings. The summed E-state index contributed by atoms with van der Waals surface area (Å²) >= 11 is 0. The summed E-state index contributed by atoms with van der Waals surface area (Å²) in [5, 5.41) is 9.96. The fraction of sp³-hybridized carbons (Fsp3) is 0.467. The zero-order chi connectivity index (χ0) is 14.7. The number of aliphatic hydroxyl groups excluding tert-OH is 1. The van der Waals surface area contributed by atoms with Gasteiger partial charge in [0, 0.05) is 19.4 Å². The third-order valence-electron chi connectivity index (χ3n) is 3.70. The van der Waals surface area contributed by atoms with E-state index in [1.807, 2.05) is 30.3 Å². The van der Waals surface area contributed by atoms with Crippen LogP contribution in [0.2, 0.25) is 0 Å². The molecule has 0 aromatic heterocycles. The summed E-state index contributed by atoms with van der Waals surface area (Å²) < 4.78 is 5.02. The first kappa shape index (κ1) is 14.5. The molecule has 1 aliphatic heterocycles. The third kappa shape index (κ3) is 2.67. The zero-order valence-corrected chi connectivity index (χ0v) is 11.7. The fourth-order valence-electron chi connectivity index (χ4n) is 2.59. The fourth-order valence-corrected chi connectivity index (χ4v) is 2.59. The van der Waals surface area contributed by atoms with Gasteiger partial charge in [-0.2, -0.15) is 0 Å². The summed E-state index contributed by atoms with van der Waals surface area (Å²) in [4.78, 5) is 25.6. The van der Waals surface area contributed by atoms with Crippen molar-refractivity contribution < 1.29 is 19.4 Å². The van der Waals surface area contributed by atoms with Crippen LogP contribution >= 0.6 is 0 Å². The number of hydrogen-bond acceptors (Lipinski definition) is 4. The Hall–Kier alpha value is -1.88. The number of esters is 1. The van der Waals surface area contributed by atoms with Crippen LogP contribution in [0.1, 0.15) is 24.8 Å². The lowest BCUT2D eigenvalue weighted by Crippen LogP contribution is -2.51. The molecule has 5 heteroatoms. The highest BCUT2D eigenvalue weighted by Crippen LogP contribution is 2.36. The lowest BCUT2D eigenvalue weighted by atomic mass is 9.79. The second kappa shape index (κ2) is 6.05. The van der Waals surface area contributed by atoms with E-state index in [4.69, 9.17) is 4.74 Å². The second-order valence-electron chi connectivity index (χ2n) is 4.91. The summed E-state index contributed by atoms with van der Waals surface area (Å²) in [7, 11) is 1.50. The van der Waals surface area contributed by atoms with Gasteiger partial charge in [-0.1, -0.05) is 30.3 Å². The quantitative estimate of drug-likeness (QED) is 0.664. The molecule has 0 aliphatic carbocycles. The lowest BCUT2D eigenvalue weighted by Gasteiger charge is -2.38. The number of likely N-dealkylation sites (tertiary alicyclic amines) is 1. The van der Waals surface area contributed by atoms with E-state index in [9.17, 15) is 14.7 Å². The van der Waals surface area contributed by atoms with Gasteiger partial charge in [0.2, 0.25) is 5.91 Å². The minimum Gasteiger partial charge on any atom is -0.465 e. The molecular weight excluding hydrogens is 258 g/mol. The molecule has 0 saturated carbocycles. The molecule has 5 nitrogen and oxygen atoms in total. The molecule has 0 bridgehead atoms. The number of hydrogen-bond donors (Lipinski definition) is 1. The molecule has 1 saturated heterocycles. The summed E-state index contributed by atoms with van der Waals surface area (Å²) in [6, 6.07) is 9.31. The van der Waals surface area contributed by atoms with Gasteiger partial charge in [0.25, 0.3) is 0 Å². The van der Waals surface area contributed by atoms with E-state index in [0.717, 1.165) is 5.56 Å². The van der Waals surface area contributed by atoms with Crippen molar-refractivity contribution in [2.24, 2.45) is 5.92 Å². The van der Waals surface area contributed by atoms with Crippen molar-refractivity contribution in [3.8, 4) is 0 Å². The smallest absolute Gasteiger partial charge is 0.319 e. The molecular formula is C15H19NO4. The highest BCUT2D eigenvalue weighted by Gasteiger charge is 2.45. The van der Waals surface area contributed by atoms with Gasteiger partial charge in [-0.05, 0) is 12.5 Å². The molecule has 0 radical (unpaired) electrons. The average Bonchev–Trinajstić information content (AvgIpc) is 2.45. The van der Waals surface area contributed by atoms with Crippen molar-refractivity contribution in [1.29, 1.82) is 0 Å². The highest BCUT2D eigenvalue weighted by atomic mass is 16.5. The van der Waals surface area contributed by atoms with Crippen LogP contribution in [0.15, 0.2) is 30.3 Å². The van der Waals surface area contributed by atoms with Gasteiger partial charge in [-0.3, -0.25) is 9.59 Å². The number of carbonyl (C=O) groups is 2. The SMILES string of the molecule is CCOC(=O)[C@@H]1C(=O)N(C)[C@H](O)C[C@H]1c1ccccc1. The molecule has 0 spiro atoms. The Balaban J connectivity index is 2.35. The Labute approximate surface area is 118 Å². The van der Waals surface area contributed by atoms with Crippen LogP contribution in [0, 0.1) is 5.92 Å². The van der Waals surface area contributed by atoms with E-state index < -0.39 is 24.0 Å². The monoisotopic (exact) mass is 277 g/mol. The van der Waals surface area contributed by atoms with Crippen LogP contribution in [-0.4, -0.2) is 41.8 Å². The number of piperidine rings is 1. The largest absolute Gasteiger partial charge is 0.465 e. The lowest BCUT2D eigenvalue weighted by molar-refractivity contribution is -0.166. The van der Waals surface area contributed by atoms with Crippen LogP contribution in [0.5, 0.6) is 0 Å². The van der Waals surface area contributed by atoms with Crippen LogP contribution in [0.4, 0.5) is 0 Å². The summed E-state index contributed by atoms with van der Waals surface area (Å²) in [5.74, 6) is -2.15. The molecule has 2 rings (SSSR count). The Morgan fingerprint density at radius 2 is 2.05 bits per heavy atom. The predicted molar refractivity (Wildman–Crippen MR) is 72.7 cm³/mol. The van der Waals surface area contributed by atoms with E-state index >= 15 is 0 Å². The predicted octanol–water partition coefficient (Wildman–Crippen LogP) is 1.13. The zero-order valence-electron chi connectivity index (χ0n) is 11.7. The number of amides is 1. The standard InChI is InChI=1S/C15H19NO4/c1-3-20-15(19)13-11(10-7-5-4-6-8-10)9-12(17)16(2)14(13)18/h4-8,11-13,17H,3,9H2,1-2H3/t11-,12+,13-/m0/s1. The summed E-state index contributed by atoms with van der Waals surface area (Å²) in [6.07, 6.45) is -0.547. The van der Waals surface area contributed by atoms with Gasteiger partial charge in [-0.15, -0.1) is 0 Å². The summed E-state index contributed by atoms with van der Waals surface area (Å²) in [6.45, 7) is 1.94. The van der Waals surface area contributed by atoms with Crippen molar-refractivity contribution in [3.05, 3.63) is 35.9 Å². The summed E-state index contributed by atoms with van der Waals surface area (Å²) in [5.41, 5.74) is 0.867. The first-order valence-corrected chi connectivity index (χ1v) is 6.72. The van der Waals surface area contributed by atoms with Gasteiger partial charge in [0.05, 0.1) is 6.61 Å². The molecule has 0 unspecified atom stereocenters. The van der Waals surface area contributed by atoms with Gasteiger partial charge in [-0.25, -0.2) is 0 Å². The molecule has 1 N–H and O–H groups in total. The maximum Gasteiger partial charge on any atom is 0.319 e. The molecule has 3 atom stereocenters. The molecule has 1 amide bonds. The van der Waals surface area contributed by atoms with Crippen LogP contribution in [0.25, 0.3) is 0 Å². The van der Waals surface area contributed by atoms with E-state index in [-0.39, 0.29) is 12.5 Å². The van der Waals surface area contributed by atoms with Gasteiger partial charge >= 0.3 is 5.97 Å². The van der Waals surface area contributed by atoms with Crippen LogP contribution in [0.3, 0.4) is 0 Å². The molecule has 20 heavy (non-hydrogen) atoms. The molecule has 108 valence electrons. The van der Waals surface area contributed by atoms with Gasteiger partial charge in [0.1, 0.15) is 12.1 Å². The Kier molecular flexibility index (Phi) is 4.39. The van der Waals surface area contributed by atoms with Crippen molar-refractivity contribution in [3.63, 3.8) is 0 Å². The van der Waals surface area contributed by atoms with E-state index in [0.29, 0.717) is 6.42 Å². The maximum absolute atomic E-state index is 12.3. The van der Waals surface area contributed by atoms with E-state index in [1.54, 1.807) is 6.92 Å². The Bertz CT molecular complexity index is 488. The van der Waals surface area contributed by atoms with Gasteiger partial charge in [0.15, 0.2) is 0 Å². The van der Waals surface area contributed by atoms with Crippen molar-refractivity contribution in [2.45, 2.75) is 25.5 Å². The van der Waals surface area contributed by atoms with E-state index in [2.05, 4.69) is 0 Å². The minimum absolute atomic E-state index is 0.233. The topological polar surface area (TPSA) is 66.8 Å². The third-order valence-corrected chi connectivity index (χ3v) is 3.70. The first-order valence-electron chi connectivity index (χ1n) is 6.72. The maximum atomic E-state index is 12.3. The highest BCUT2D eigenvalue weighted by molar-refractivity contribution is 5.99. The van der Waals surface area contributed by atoms with Crippen molar-refractivity contribution in [1.82, 2.24) is 4.90 Å². The Morgan fingerprint density at radius 1 is 1.40 bits per heavy atom. The van der Waals surface area contributed by atoms with E-state index in [1.165, 1.54) is 11.9 Å². The van der Waals surface area contributed by atoms with Crippen LogP contribution in [-0.2, 0) is 14.3 Å². The number of rotatable bonds is 3. The molecule has 1 aromatic carbocycles. The molecule has 1 heterocycles. The number of aliphatic hydroxyl groups is 1. The number of nitrogens with zero attached hydrogens (tertiary/aromatic N) is 1. The number of benzene rings is 1. The van der Waals surface area contributed by atoms with Gasteiger partial charge < -0.3 is 14.7 Å². The second-order valence-corrected chi connectivity index (χ2v) is 4.91. The average molecular weight is 277 g/mol. The molecule has 1 fully saturated rings. The van der Waals surface area contributed by atoms with Crippen LogP contribution < -0.4 is 0 Å². The first-order chi connectivity index (χ1) is 9.56. The Morgan fingerprint density at radius 3 is 2.65 bits per heavy atom. The van der Waals surface area contributed by atoms with Crippen molar-refractivity contribution in [2.75, 3.05) is 13.7 Å². The van der Waals surface area contributed by atoms with Crippen molar-refractivity contribution >= 4 is 11.9 Å². The normalized spacial score (nSPS) is 26.4. The molecule has 1 aliphatic rings. The number of carbonyl (C=O) groups excluding carboxylic acids is 2. The number of ether oxygens (including phenoxy) is 1.